The number of benzene rings is 1. The van der Waals surface area contributed by atoms with E-state index in [2.05, 4.69) is 39.4 Å². The Bertz CT molecular complexity index is 1000. The van der Waals surface area contributed by atoms with E-state index >= 15 is 0 Å². The maximum atomic E-state index is 9.72. The van der Waals surface area contributed by atoms with E-state index < -0.39 is 0 Å². The highest BCUT2D eigenvalue weighted by Gasteiger charge is 2.37. The van der Waals surface area contributed by atoms with Gasteiger partial charge < -0.3 is 4.52 Å². The molecule has 24 heavy (non-hydrogen) atoms. The zero-order chi connectivity index (χ0) is 16.8. The van der Waals surface area contributed by atoms with Crippen molar-refractivity contribution in [2.75, 3.05) is 0 Å². The minimum Gasteiger partial charge on any atom is -0.336 e. The molecule has 0 amide bonds. The van der Waals surface area contributed by atoms with Gasteiger partial charge in [0.1, 0.15) is 0 Å². The fraction of sp³-hybridized carbons (Fsp3) is 0.333. The number of aliphatic imine (C=N–C) groups is 1. The lowest BCUT2D eigenvalue weighted by atomic mass is 9.77. The molecule has 1 N–H and O–H groups in total. The van der Waals surface area contributed by atoms with E-state index in [1.807, 2.05) is 26.0 Å². The number of aromatic amines is 1. The van der Waals surface area contributed by atoms with Gasteiger partial charge in [-0.1, -0.05) is 18.1 Å². The van der Waals surface area contributed by atoms with Gasteiger partial charge >= 0.3 is 0 Å². The molecule has 2 atom stereocenters. The largest absolute Gasteiger partial charge is 0.336 e. The van der Waals surface area contributed by atoms with Crippen LogP contribution >= 0.6 is 0 Å². The summed E-state index contributed by atoms with van der Waals surface area (Å²) >= 11 is 0. The SMILES string of the molecule is CCc1[nH]nc2ccc(C3c4c(C)noc4N=C(C)C3C#N)cc12. The van der Waals surface area contributed by atoms with Crippen LogP contribution in [0.2, 0.25) is 0 Å². The van der Waals surface area contributed by atoms with Crippen LogP contribution in [0.5, 0.6) is 0 Å². The maximum absolute atomic E-state index is 9.72. The van der Waals surface area contributed by atoms with Crippen molar-refractivity contribution < 1.29 is 4.52 Å². The molecule has 2 aromatic heterocycles. The number of hydrogen-bond acceptors (Lipinski definition) is 5. The van der Waals surface area contributed by atoms with Crippen LogP contribution in [-0.2, 0) is 6.42 Å². The molecular formula is C18H17N5O. The number of nitrogens with one attached hydrogen (secondary N) is 1. The molecular weight excluding hydrogens is 302 g/mol. The Labute approximate surface area is 139 Å². The number of nitrogens with zero attached hydrogens (tertiary/aromatic N) is 4. The third-order valence-electron chi connectivity index (χ3n) is 4.77. The van der Waals surface area contributed by atoms with E-state index in [1.54, 1.807) is 0 Å². The standard InChI is InChI=1S/C18H17N5O/c1-4-14-12-7-11(5-6-15(12)22-21-14)17-13(8-19)9(2)20-18-16(17)10(3)23-24-18/h5-7,13,17H,4H2,1-3H3,(H,21,22). The number of rotatable bonds is 2. The maximum Gasteiger partial charge on any atom is 0.254 e. The molecule has 1 aliphatic heterocycles. The van der Waals surface area contributed by atoms with Crippen LogP contribution in [0.25, 0.3) is 10.9 Å². The van der Waals surface area contributed by atoms with E-state index in [0.29, 0.717) is 5.88 Å². The average Bonchev–Trinajstić information content (AvgIpc) is 3.16. The summed E-state index contributed by atoms with van der Waals surface area (Å²) in [4.78, 5) is 4.43. The van der Waals surface area contributed by atoms with Crippen LogP contribution in [0.15, 0.2) is 27.7 Å². The second-order valence-corrected chi connectivity index (χ2v) is 6.16. The van der Waals surface area contributed by atoms with Gasteiger partial charge in [-0.3, -0.25) is 5.10 Å². The summed E-state index contributed by atoms with van der Waals surface area (Å²) in [6.45, 7) is 5.86. The molecule has 0 aliphatic carbocycles. The first-order chi connectivity index (χ1) is 11.6. The molecule has 0 spiro atoms. The van der Waals surface area contributed by atoms with Crippen molar-refractivity contribution in [1.82, 2.24) is 15.4 Å². The highest BCUT2D eigenvalue weighted by Crippen LogP contribution is 2.44. The smallest absolute Gasteiger partial charge is 0.254 e. The lowest BCUT2D eigenvalue weighted by molar-refractivity contribution is 0.423. The number of fused-ring (bicyclic) bond motifs is 2. The first-order valence-electron chi connectivity index (χ1n) is 8.02. The molecule has 6 heteroatoms. The number of aromatic nitrogens is 3. The van der Waals surface area contributed by atoms with Gasteiger partial charge in [0.2, 0.25) is 0 Å². The molecule has 6 nitrogen and oxygen atoms in total. The van der Waals surface area contributed by atoms with Crippen molar-refractivity contribution in [3.05, 3.63) is 40.7 Å². The summed E-state index contributed by atoms with van der Waals surface area (Å²) in [6.07, 6.45) is 0.879. The van der Waals surface area contributed by atoms with Crippen LogP contribution in [0.1, 0.15) is 42.3 Å². The zero-order valence-electron chi connectivity index (χ0n) is 13.8. The van der Waals surface area contributed by atoms with Gasteiger partial charge in [-0.25, -0.2) is 4.99 Å². The molecule has 120 valence electrons. The fourth-order valence-corrected chi connectivity index (χ4v) is 3.51. The van der Waals surface area contributed by atoms with Crippen LogP contribution < -0.4 is 0 Å². The molecule has 0 saturated heterocycles. The van der Waals surface area contributed by atoms with E-state index in [-0.39, 0.29) is 11.8 Å². The number of H-pyrrole nitrogens is 1. The van der Waals surface area contributed by atoms with Crippen molar-refractivity contribution in [3.8, 4) is 6.07 Å². The Kier molecular flexibility index (Phi) is 3.24. The van der Waals surface area contributed by atoms with Crippen LogP contribution in [0.3, 0.4) is 0 Å². The second-order valence-electron chi connectivity index (χ2n) is 6.16. The lowest BCUT2D eigenvalue weighted by Crippen LogP contribution is -2.23. The number of hydrogen-bond donors (Lipinski definition) is 1. The quantitative estimate of drug-likeness (QED) is 0.777. The highest BCUT2D eigenvalue weighted by molar-refractivity contribution is 5.92. The summed E-state index contributed by atoms with van der Waals surface area (Å²) in [5.41, 5.74) is 5.56. The normalized spacial score (nSPS) is 19.8. The molecule has 0 bridgehead atoms. The Morgan fingerprint density at radius 3 is 2.92 bits per heavy atom. The van der Waals surface area contributed by atoms with Crippen molar-refractivity contribution in [2.45, 2.75) is 33.1 Å². The predicted molar refractivity (Wildman–Crippen MR) is 90.4 cm³/mol. The van der Waals surface area contributed by atoms with Gasteiger partial charge in [-0.05, 0) is 38.0 Å². The molecule has 3 heterocycles. The number of nitriles is 1. The molecule has 2 unspecified atom stereocenters. The predicted octanol–water partition coefficient (Wildman–Crippen LogP) is 3.80. The first-order valence-corrected chi connectivity index (χ1v) is 8.02. The minimum atomic E-state index is -0.329. The van der Waals surface area contributed by atoms with Crippen molar-refractivity contribution >= 4 is 22.5 Å². The van der Waals surface area contributed by atoms with Gasteiger partial charge in [0, 0.05) is 22.7 Å². The topological polar surface area (TPSA) is 90.9 Å². The molecule has 0 radical (unpaired) electrons. The second kappa shape index (κ2) is 5.31. The minimum absolute atomic E-state index is 0.127. The number of aryl methyl sites for hydroxylation is 2. The van der Waals surface area contributed by atoms with Gasteiger partial charge in [0.05, 0.1) is 28.8 Å². The summed E-state index contributed by atoms with van der Waals surface area (Å²) in [6, 6.07) is 8.57. The molecule has 1 aliphatic rings. The summed E-state index contributed by atoms with van der Waals surface area (Å²) in [5, 5.41) is 22.3. The van der Waals surface area contributed by atoms with E-state index in [9.17, 15) is 5.26 Å². The van der Waals surface area contributed by atoms with E-state index in [1.165, 1.54) is 0 Å². The zero-order valence-corrected chi connectivity index (χ0v) is 13.8. The Morgan fingerprint density at radius 1 is 1.33 bits per heavy atom. The summed E-state index contributed by atoms with van der Waals surface area (Å²) in [7, 11) is 0. The van der Waals surface area contributed by atoms with Crippen molar-refractivity contribution in [3.63, 3.8) is 0 Å². The summed E-state index contributed by atoms with van der Waals surface area (Å²) < 4.78 is 5.35. The van der Waals surface area contributed by atoms with Gasteiger partial charge in [-0.2, -0.15) is 10.4 Å². The molecule has 1 aromatic carbocycles. The Balaban J connectivity index is 1.95. The monoisotopic (exact) mass is 319 g/mol. The van der Waals surface area contributed by atoms with Crippen LogP contribution in [0.4, 0.5) is 5.88 Å². The Hall–Kier alpha value is -2.94. The average molecular weight is 319 g/mol. The van der Waals surface area contributed by atoms with Crippen molar-refractivity contribution in [1.29, 1.82) is 5.26 Å². The van der Waals surface area contributed by atoms with Gasteiger partial charge in [0.25, 0.3) is 5.88 Å². The van der Waals surface area contributed by atoms with Crippen molar-refractivity contribution in [2.24, 2.45) is 10.9 Å². The van der Waals surface area contributed by atoms with E-state index in [0.717, 1.165) is 45.6 Å². The first kappa shape index (κ1) is 14.6. The molecule has 0 saturated carbocycles. The van der Waals surface area contributed by atoms with Gasteiger partial charge in [-0.15, -0.1) is 0 Å². The summed E-state index contributed by atoms with van der Waals surface area (Å²) in [5.74, 6) is 0.0623. The third-order valence-corrected chi connectivity index (χ3v) is 4.77. The fourth-order valence-electron chi connectivity index (χ4n) is 3.51. The molecule has 0 fully saturated rings. The molecule has 4 rings (SSSR count). The third kappa shape index (κ3) is 1.98. The van der Waals surface area contributed by atoms with Gasteiger partial charge in [0.15, 0.2) is 0 Å². The van der Waals surface area contributed by atoms with E-state index in [4.69, 9.17) is 4.52 Å². The van der Waals surface area contributed by atoms with Crippen LogP contribution in [-0.4, -0.2) is 21.1 Å². The molecule has 3 aromatic rings. The van der Waals surface area contributed by atoms with Crippen LogP contribution in [0, 0.1) is 24.2 Å². The Morgan fingerprint density at radius 2 is 2.17 bits per heavy atom. The highest BCUT2D eigenvalue weighted by atomic mass is 16.5. The lowest BCUT2D eigenvalue weighted by Gasteiger charge is -2.25.